The smallest absolute Gasteiger partial charge is 0.408 e. The minimum Gasteiger partial charge on any atom is -0.408 e. The van der Waals surface area contributed by atoms with Crippen LogP contribution in [-0.2, 0) is 0 Å². The van der Waals surface area contributed by atoms with Crippen molar-refractivity contribution in [2.45, 2.75) is 18.9 Å². The number of fused-ring (bicyclic) bond motifs is 1. The Morgan fingerprint density at radius 1 is 1.24 bits per heavy atom. The molecule has 0 aliphatic carbocycles. The molecule has 128 valence electrons. The summed E-state index contributed by atoms with van der Waals surface area (Å²) >= 11 is 6.07. The molecule has 7 heteroatoms. The Bertz CT molecular complexity index is 980. The lowest BCUT2D eigenvalue weighted by Gasteiger charge is -2.33. The molecule has 1 aliphatic heterocycles. The number of halogens is 1. The van der Waals surface area contributed by atoms with Gasteiger partial charge in [-0.05, 0) is 43.2 Å². The zero-order valence-electron chi connectivity index (χ0n) is 13.4. The third kappa shape index (κ3) is 2.93. The molecule has 3 aromatic rings. The molecule has 0 radical (unpaired) electrons. The summed E-state index contributed by atoms with van der Waals surface area (Å²) in [6.45, 7) is 1.13. The summed E-state index contributed by atoms with van der Waals surface area (Å²) in [5.74, 6) is -0.466. The highest BCUT2D eigenvalue weighted by molar-refractivity contribution is 6.31. The number of oxazole rings is 1. The average Bonchev–Trinajstić information content (AvgIpc) is 2.97. The third-order valence-electron chi connectivity index (χ3n) is 4.55. The normalized spacial score (nSPS) is 17.8. The molecule has 1 aromatic carbocycles. The van der Waals surface area contributed by atoms with Crippen molar-refractivity contribution in [3.05, 3.63) is 63.9 Å². The summed E-state index contributed by atoms with van der Waals surface area (Å²) in [7, 11) is 0. The van der Waals surface area contributed by atoms with Crippen LogP contribution in [0.15, 0.2) is 51.9 Å². The molecule has 4 rings (SSSR count). The number of piperidine rings is 1. The molecule has 25 heavy (non-hydrogen) atoms. The van der Waals surface area contributed by atoms with Gasteiger partial charge < -0.3 is 9.32 Å². The van der Waals surface area contributed by atoms with Crippen LogP contribution in [0, 0.1) is 0 Å². The minimum atomic E-state index is -0.416. The van der Waals surface area contributed by atoms with Crippen LogP contribution in [-0.4, -0.2) is 33.4 Å². The molecule has 0 unspecified atom stereocenters. The fraction of sp³-hybridized carbons (Fsp3) is 0.278. The zero-order chi connectivity index (χ0) is 17.4. The summed E-state index contributed by atoms with van der Waals surface area (Å²) in [6.07, 6.45) is 4.83. The van der Waals surface area contributed by atoms with Crippen molar-refractivity contribution in [1.29, 1.82) is 0 Å². The summed E-state index contributed by atoms with van der Waals surface area (Å²) in [5, 5.41) is 0.544. The number of carbonyl (C=O) groups excluding carboxylic acids is 1. The van der Waals surface area contributed by atoms with Gasteiger partial charge in [0.2, 0.25) is 0 Å². The van der Waals surface area contributed by atoms with Crippen molar-refractivity contribution in [1.82, 2.24) is 14.5 Å². The quantitative estimate of drug-likeness (QED) is 0.706. The molecule has 6 nitrogen and oxygen atoms in total. The van der Waals surface area contributed by atoms with E-state index in [1.807, 2.05) is 0 Å². The monoisotopic (exact) mass is 357 g/mol. The van der Waals surface area contributed by atoms with Crippen LogP contribution in [0.2, 0.25) is 5.02 Å². The molecule has 1 saturated heterocycles. The Morgan fingerprint density at radius 2 is 2.04 bits per heavy atom. The number of aromatic nitrogens is 2. The number of nitrogens with zero attached hydrogens (tertiary/aromatic N) is 3. The molecule has 1 fully saturated rings. The average molecular weight is 358 g/mol. The summed E-state index contributed by atoms with van der Waals surface area (Å²) in [5.41, 5.74) is 1.77. The molecule has 2 aromatic heterocycles. The second-order valence-corrected chi connectivity index (χ2v) is 6.57. The fourth-order valence-electron chi connectivity index (χ4n) is 3.38. The van der Waals surface area contributed by atoms with Crippen LogP contribution >= 0.6 is 11.6 Å². The van der Waals surface area contributed by atoms with Gasteiger partial charge in [-0.2, -0.15) is 0 Å². The van der Waals surface area contributed by atoms with E-state index in [-0.39, 0.29) is 11.9 Å². The topological polar surface area (TPSA) is 68.3 Å². The first-order chi connectivity index (χ1) is 12.1. The van der Waals surface area contributed by atoms with Gasteiger partial charge in [0.1, 0.15) is 0 Å². The first kappa shape index (κ1) is 15.9. The largest absolute Gasteiger partial charge is 0.420 e. The van der Waals surface area contributed by atoms with Gasteiger partial charge in [0.05, 0.1) is 11.6 Å². The summed E-state index contributed by atoms with van der Waals surface area (Å²) in [6, 6.07) is 8.38. The van der Waals surface area contributed by atoms with Gasteiger partial charge in [-0.15, -0.1) is 0 Å². The third-order valence-corrected chi connectivity index (χ3v) is 4.79. The number of rotatable bonds is 2. The first-order valence-corrected chi connectivity index (χ1v) is 8.51. The zero-order valence-corrected chi connectivity index (χ0v) is 14.1. The molecule has 3 heterocycles. The maximum absolute atomic E-state index is 12.7. The molecule has 1 aliphatic rings. The Labute approximate surface area is 148 Å². The number of amides is 1. The van der Waals surface area contributed by atoms with Gasteiger partial charge in [0, 0.05) is 36.1 Å². The van der Waals surface area contributed by atoms with Crippen molar-refractivity contribution in [3.8, 4) is 0 Å². The van der Waals surface area contributed by atoms with Gasteiger partial charge in [-0.25, -0.2) is 4.79 Å². The highest BCUT2D eigenvalue weighted by atomic mass is 35.5. The number of hydrogen-bond acceptors (Lipinski definition) is 4. The van der Waals surface area contributed by atoms with E-state index in [9.17, 15) is 9.59 Å². The Hall–Kier alpha value is -2.60. The van der Waals surface area contributed by atoms with Crippen molar-refractivity contribution in [3.63, 3.8) is 0 Å². The van der Waals surface area contributed by atoms with E-state index in [0.717, 1.165) is 12.8 Å². The van der Waals surface area contributed by atoms with E-state index in [4.69, 9.17) is 16.0 Å². The van der Waals surface area contributed by atoms with E-state index in [1.165, 1.54) is 0 Å². The van der Waals surface area contributed by atoms with Gasteiger partial charge >= 0.3 is 5.76 Å². The lowest BCUT2D eigenvalue weighted by Crippen LogP contribution is -2.42. The number of benzene rings is 1. The molecular weight excluding hydrogens is 342 g/mol. The van der Waals surface area contributed by atoms with Crippen molar-refractivity contribution in [2.75, 3.05) is 13.1 Å². The maximum atomic E-state index is 12.7. The van der Waals surface area contributed by atoms with Crippen LogP contribution in [0.3, 0.4) is 0 Å². The molecular formula is C18H16ClN3O3. The van der Waals surface area contributed by atoms with Crippen LogP contribution < -0.4 is 5.76 Å². The maximum Gasteiger partial charge on any atom is 0.420 e. The van der Waals surface area contributed by atoms with Gasteiger partial charge in [0.25, 0.3) is 5.91 Å². The van der Waals surface area contributed by atoms with Crippen LogP contribution in [0.4, 0.5) is 0 Å². The van der Waals surface area contributed by atoms with Crippen molar-refractivity contribution in [2.24, 2.45) is 0 Å². The second-order valence-electron chi connectivity index (χ2n) is 6.13. The fourth-order valence-corrected chi connectivity index (χ4v) is 3.55. The van der Waals surface area contributed by atoms with Crippen molar-refractivity contribution >= 4 is 28.6 Å². The molecule has 1 amide bonds. The molecule has 0 saturated carbocycles. The first-order valence-electron chi connectivity index (χ1n) is 8.13. The second kappa shape index (κ2) is 6.37. The van der Waals surface area contributed by atoms with E-state index < -0.39 is 5.76 Å². The predicted octanol–water partition coefficient (Wildman–Crippen LogP) is 3.12. The lowest BCUT2D eigenvalue weighted by atomic mass is 10.0. The molecule has 1 atom stereocenters. The highest BCUT2D eigenvalue weighted by Gasteiger charge is 2.28. The summed E-state index contributed by atoms with van der Waals surface area (Å²) < 4.78 is 6.94. The van der Waals surface area contributed by atoms with Crippen LogP contribution in [0.25, 0.3) is 11.1 Å². The number of pyridine rings is 1. The number of carbonyl (C=O) groups is 1. The van der Waals surface area contributed by atoms with Gasteiger partial charge in [0.15, 0.2) is 5.58 Å². The van der Waals surface area contributed by atoms with E-state index in [1.54, 1.807) is 52.2 Å². The summed E-state index contributed by atoms with van der Waals surface area (Å²) in [4.78, 5) is 30.7. The molecule has 0 N–H and O–H groups in total. The Balaban J connectivity index is 1.66. The van der Waals surface area contributed by atoms with Crippen LogP contribution in [0.5, 0.6) is 0 Å². The van der Waals surface area contributed by atoms with E-state index in [0.29, 0.717) is 34.8 Å². The van der Waals surface area contributed by atoms with E-state index >= 15 is 0 Å². The number of hydrogen-bond donors (Lipinski definition) is 0. The lowest BCUT2D eigenvalue weighted by molar-refractivity contribution is 0.0677. The van der Waals surface area contributed by atoms with Crippen molar-refractivity contribution < 1.29 is 9.21 Å². The standard InChI is InChI=1S/C18H16ClN3O3/c19-13-3-4-16-15(10-13)22(18(24)25-16)14-2-1-9-21(11-14)17(23)12-5-7-20-8-6-12/h3-8,10,14H,1-2,9,11H2/t14-/m1/s1. The SMILES string of the molecule is O=C(c1ccncc1)N1CCC[C@@H](n2c(=O)oc3ccc(Cl)cc32)C1. The Kier molecular flexibility index (Phi) is 4.05. The number of likely N-dealkylation sites (tertiary alicyclic amines) is 1. The highest BCUT2D eigenvalue weighted by Crippen LogP contribution is 2.27. The molecule has 0 bridgehead atoms. The van der Waals surface area contributed by atoms with Gasteiger partial charge in [-0.1, -0.05) is 11.6 Å². The van der Waals surface area contributed by atoms with Gasteiger partial charge in [-0.3, -0.25) is 14.3 Å². The minimum absolute atomic E-state index is 0.0500. The van der Waals surface area contributed by atoms with Crippen LogP contribution in [0.1, 0.15) is 29.2 Å². The predicted molar refractivity (Wildman–Crippen MR) is 93.9 cm³/mol. The van der Waals surface area contributed by atoms with E-state index in [2.05, 4.69) is 4.98 Å². The Morgan fingerprint density at radius 3 is 2.84 bits per heavy atom. The molecule has 0 spiro atoms.